The lowest BCUT2D eigenvalue weighted by Crippen LogP contribution is -2.03. The Morgan fingerprint density at radius 3 is 2.40 bits per heavy atom. The Kier molecular flexibility index (Phi) is 3.34. The van der Waals surface area contributed by atoms with Gasteiger partial charge >= 0.3 is 0 Å². The summed E-state index contributed by atoms with van der Waals surface area (Å²) in [5.74, 6) is -1.67. The molecule has 0 aliphatic heterocycles. The second-order valence-electron chi connectivity index (χ2n) is 2.93. The summed E-state index contributed by atoms with van der Waals surface area (Å²) in [7, 11) is 1.20. The number of hydrogen-bond acceptors (Lipinski definition) is 2. The molecule has 15 heavy (non-hydrogen) atoms. The van der Waals surface area contributed by atoms with Crippen LogP contribution in [0.4, 0.5) is 13.2 Å². The molecule has 5 heteroatoms. The first kappa shape index (κ1) is 11.6. The summed E-state index contributed by atoms with van der Waals surface area (Å²) in [6.45, 7) is 1.14. The van der Waals surface area contributed by atoms with Crippen LogP contribution in [0.3, 0.4) is 0 Å². The molecular weight excluding hydrogens is 209 g/mol. The number of Topliss-reactive ketones (excluding diaryl/α,β-unsaturated/α-hetero) is 1. The van der Waals surface area contributed by atoms with E-state index in [0.717, 1.165) is 13.0 Å². The topological polar surface area (TPSA) is 26.3 Å². The summed E-state index contributed by atoms with van der Waals surface area (Å²) >= 11 is 0. The van der Waals surface area contributed by atoms with Crippen molar-refractivity contribution in [2.45, 2.75) is 13.3 Å². The lowest BCUT2D eigenvalue weighted by atomic mass is 10.0. The zero-order chi connectivity index (χ0) is 11.6. The summed E-state index contributed by atoms with van der Waals surface area (Å²) in [6.07, 6.45) is -2.88. The molecule has 0 bridgehead atoms. The van der Waals surface area contributed by atoms with Gasteiger partial charge in [0.15, 0.2) is 17.3 Å². The highest BCUT2D eigenvalue weighted by Crippen LogP contribution is 2.29. The smallest absolute Gasteiger partial charge is 0.264 e. The van der Waals surface area contributed by atoms with Crippen molar-refractivity contribution in [1.82, 2.24) is 0 Å². The Labute approximate surface area is 84.7 Å². The van der Waals surface area contributed by atoms with E-state index in [9.17, 15) is 18.0 Å². The number of ether oxygens (including phenoxy) is 1. The van der Waals surface area contributed by atoms with Gasteiger partial charge in [-0.15, -0.1) is 0 Å². The second-order valence-corrected chi connectivity index (χ2v) is 2.93. The van der Waals surface area contributed by atoms with Crippen LogP contribution in [0.25, 0.3) is 0 Å². The second kappa shape index (κ2) is 4.33. The largest absolute Gasteiger partial charge is 0.494 e. The fourth-order valence-electron chi connectivity index (χ4n) is 1.21. The predicted octanol–water partition coefficient (Wildman–Crippen LogP) is 2.97. The van der Waals surface area contributed by atoms with E-state index in [1.807, 2.05) is 0 Å². The zero-order valence-corrected chi connectivity index (χ0v) is 8.18. The lowest BCUT2D eigenvalue weighted by Gasteiger charge is -2.09. The quantitative estimate of drug-likeness (QED) is 0.729. The molecule has 0 aliphatic carbocycles. The lowest BCUT2D eigenvalue weighted by molar-refractivity contribution is 0.0998. The van der Waals surface area contributed by atoms with Gasteiger partial charge in [-0.3, -0.25) is 4.79 Å². The first-order valence-electron chi connectivity index (χ1n) is 4.14. The number of carbonyl (C=O) groups is 1. The van der Waals surface area contributed by atoms with Crippen LogP contribution < -0.4 is 4.74 Å². The van der Waals surface area contributed by atoms with Crippen molar-refractivity contribution in [3.05, 3.63) is 29.1 Å². The fourth-order valence-corrected chi connectivity index (χ4v) is 1.21. The van der Waals surface area contributed by atoms with Gasteiger partial charge in [0.05, 0.1) is 7.11 Å². The van der Waals surface area contributed by atoms with Crippen molar-refractivity contribution in [1.29, 1.82) is 0 Å². The fraction of sp³-hybridized carbons (Fsp3) is 0.300. The van der Waals surface area contributed by atoms with Crippen molar-refractivity contribution in [2.24, 2.45) is 0 Å². The molecule has 1 aromatic rings. The minimum absolute atomic E-state index is 0.218. The van der Waals surface area contributed by atoms with Gasteiger partial charge in [0.25, 0.3) is 6.43 Å². The highest BCUT2D eigenvalue weighted by molar-refractivity contribution is 5.96. The van der Waals surface area contributed by atoms with E-state index in [1.54, 1.807) is 0 Å². The van der Waals surface area contributed by atoms with Crippen LogP contribution in [-0.2, 0) is 0 Å². The summed E-state index contributed by atoms with van der Waals surface area (Å²) < 4.78 is 42.6. The normalized spacial score (nSPS) is 10.5. The van der Waals surface area contributed by atoms with E-state index in [1.165, 1.54) is 7.11 Å². The third-order valence-electron chi connectivity index (χ3n) is 1.94. The minimum atomic E-state index is -2.88. The minimum Gasteiger partial charge on any atom is -0.494 e. The van der Waals surface area contributed by atoms with Crippen LogP contribution in [0.15, 0.2) is 12.1 Å². The molecule has 82 valence electrons. The van der Waals surface area contributed by atoms with Crippen LogP contribution in [0.2, 0.25) is 0 Å². The molecule has 0 saturated heterocycles. The maximum Gasteiger partial charge on any atom is 0.264 e. The van der Waals surface area contributed by atoms with Crippen LogP contribution in [-0.4, -0.2) is 12.9 Å². The maximum absolute atomic E-state index is 13.1. The molecule has 0 aliphatic rings. The monoisotopic (exact) mass is 218 g/mol. The van der Waals surface area contributed by atoms with Gasteiger partial charge in [-0.25, -0.2) is 13.2 Å². The van der Waals surface area contributed by atoms with E-state index in [0.29, 0.717) is 6.07 Å². The Morgan fingerprint density at radius 1 is 1.40 bits per heavy atom. The number of methoxy groups -OCH3 is 1. The summed E-state index contributed by atoms with van der Waals surface area (Å²) in [6, 6.07) is 1.61. The maximum atomic E-state index is 13.1. The van der Waals surface area contributed by atoms with E-state index < -0.39 is 23.6 Å². The summed E-state index contributed by atoms with van der Waals surface area (Å²) in [4.78, 5) is 11.0. The highest BCUT2D eigenvalue weighted by Gasteiger charge is 2.19. The van der Waals surface area contributed by atoms with Gasteiger partial charge in [-0.2, -0.15) is 0 Å². The van der Waals surface area contributed by atoms with Gasteiger partial charge in [-0.05, 0) is 19.1 Å². The molecule has 0 unspecified atom stereocenters. The van der Waals surface area contributed by atoms with Crippen LogP contribution in [0.1, 0.15) is 29.3 Å². The molecule has 0 heterocycles. The first-order valence-corrected chi connectivity index (χ1v) is 4.14. The molecule has 1 rings (SSSR count). The standard InChI is InChI=1S/C10H9F3O2/c1-5(14)6-4-9(15-2)8(11)3-7(6)10(12)13/h3-4,10H,1-2H3. The van der Waals surface area contributed by atoms with Crippen LogP contribution in [0.5, 0.6) is 5.75 Å². The van der Waals surface area contributed by atoms with Crippen molar-refractivity contribution in [2.75, 3.05) is 7.11 Å². The average molecular weight is 218 g/mol. The van der Waals surface area contributed by atoms with Gasteiger partial charge in [-0.1, -0.05) is 0 Å². The van der Waals surface area contributed by atoms with E-state index in [2.05, 4.69) is 4.74 Å². The van der Waals surface area contributed by atoms with Crippen molar-refractivity contribution in [3.8, 4) is 5.75 Å². The van der Waals surface area contributed by atoms with Gasteiger partial charge in [0.1, 0.15) is 0 Å². The molecule has 0 aromatic heterocycles. The number of ketones is 1. The SMILES string of the molecule is COc1cc(C(C)=O)c(C(F)F)cc1F. The number of hydrogen-bond donors (Lipinski definition) is 0. The molecule has 0 saturated carbocycles. The third kappa shape index (κ3) is 2.29. The Balaban J connectivity index is 3.39. The van der Waals surface area contributed by atoms with E-state index in [4.69, 9.17) is 0 Å². The molecular formula is C10H9F3O2. The molecule has 0 amide bonds. The third-order valence-corrected chi connectivity index (χ3v) is 1.94. The Hall–Kier alpha value is -1.52. The Morgan fingerprint density at radius 2 is 2.00 bits per heavy atom. The van der Waals surface area contributed by atoms with Crippen molar-refractivity contribution in [3.63, 3.8) is 0 Å². The zero-order valence-electron chi connectivity index (χ0n) is 8.18. The molecule has 1 aromatic carbocycles. The van der Waals surface area contributed by atoms with Crippen LogP contribution >= 0.6 is 0 Å². The number of alkyl halides is 2. The van der Waals surface area contributed by atoms with E-state index in [-0.39, 0.29) is 11.3 Å². The van der Waals surface area contributed by atoms with E-state index >= 15 is 0 Å². The molecule has 0 spiro atoms. The summed E-state index contributed by atoms with van der Waals surface area (Å²) in [5, 5.41) is 0. The van der Waals surface area contributed by atoms with Crippen molar-refractivity contribution < 1.29 is 22.7 Å². The highest BCUT2D eigenvalue weighted by atomic mass is 19.3. The summed E-state index contributed by atoms with van der Waals surface area (Å²) in [5.41, 5.74) is -0.830. The molecule has 0 atom stereocenters. The van der Waals surface area contributed by atoms with Gasteiger partial charge < -0.3 is 4.74 Å². The van der Waals surface area contributed by atoms with Crippen molar-refractivity contribution >= 4 is 5.78 Å². The molecule has 2 nitrogen and oxygen atoms in total. The number of benzene rings is 1. The molecule has 0 fully saturated rings. The molecule has 0 radical (unpaired) electrons. The van der Waals surface area contributed by atoms with Gasteiger partial charge in [0.2, 0.25) is 0 Å². The first-order chi connectivity index (χ1) is 6.97. The number of halogens is 3. The molecule has 0 N–H and O–H groups in total. The number of rotatable bonds is 3. The van der Waals surface area contributed by atoms with Crippen LogP contribution in [0, 0.1) is 5.82 Å². The number of carbonyl (C=O) groups excluding carboxylic acids is 1. The van der Waals surface area contributed by atoms with Gasteiger partial charge in [0, 0.05) is 11.1 Å². The Bertz CT molecular complexity index is 388. The average Bonchev–Trinajstić information content (AvgIpc) is 2.16. The predicted molar refractivity (Wildman–Crippen MR) is 47.9 cm³/mol.